The molecule has 3 aromatic rings. The number of hydrogen-bond donors (Lipinski definition) is 1. The number of carbonyl (C=O) groups excluding carboxylic acids is 2. The summed E-state index contributed by atoms with van der Waals surface area (Å²) in [5.41, 5.74) is 1.69. The largest absolute Gasteiger partial charge is 0.482 e. The zero-order valence-corrected chi connectivity index (χ0v) is 21.3. The fourth-order valence-corrected chi connectivity index (χ4v) is 5.13. The summed E-state index contributed by atoms with van der Waals surface area (Å²) in [5, 5.41) is 3.91. The van der Waals surface area contributed by atoms with Gasteiger partial charge in [-0.25, -0.2) is 0 Å². The summed E-state index contributed by atoms with van der Waals surface area (Å²) < 4.78 is 11.3. The van der Waals surface area contributed by atoms with E-state index in [9.17, 15) is 9.59 Å². The molecule has 1 aliphatic carbocycles. The maximum atomic E-state index is 13.9. The van der Waals surface area contributed by atoms with Crippen LogP contribution in [0.2, 0.25) is 10.0 Å². The summed E-state index contributed by atoms with van der Waals surface area (Å²) in [6.45, 7) is 3.79. The molecule has 184 valence electrons. The van der Waals surface area contributed by atoms with Crippen molar-refractivity contribution in [2.75, 3.05) is 11.9 Å². The number of rotatable bonds is 8. The van der Waals surface area contributed by atoms with Crippen LogP contribution in [-0.4, -0.2) is 28.9 Å². The fraction of sp³-hybridized carbons (Fsp3) is 0.333. The predicted octanol–water partition coefficient (Wildman–Crippen LogP) is 6.56. The Morgan fingerprint density at radius 2 is 1.77 bits per heavy atom. The molecule has 0 aliphatic heterocycles. The van der Waals surface area contributed by atoms with Gasteiger partial charge in [0.2, 0.25) is 5.91 Å². The van der Waals surface area contributed by atoms with Crippen molar-refractivity contribution in [3.63, 3.8) is 0 Å². The topological polar surface area (TPSA) is 71.8 Å². The average molecular weight is 515 g/mol. The highest BCUT2D eigenvalue weighted by molar-refractivity contribution is 6.35. The molecule has 0 saturated heterocycles. The number of amides is 2. The minimum Gasteiger partial charge on any atom is -0.482 e. The highest BCUT2D eigenvalue weighted by Crippen LogP contribution is 2.38. The minimum atomic E-state index is -1.02. The second kappa shape index (κ2) is 10.8. The first kappa shape index (κ1) is 25.1. The van der Waals surface area contributed by atoms with Crippen LogP contribution in [-0.2, 0) is 16.1 Å². The number of nitrogens with zero attached hydrogens (tertiary/aromatic N) is 1. The van der Waals surface area contributed by atoms with Crippen molar-refractivity contribution in [3.8, 4) is 5.75 Å². The van der Waals surface area contributed by atoms with Crippen LogP contribution in [0, 0.1) is 13.8 Å². The van der Waals surface area contributed by atoms with E-state index < -0.39 is 5.54 Å². The van der Waals surface area contributed by atoms with Crippen molar-refractivity contribution in [1.82, 2.24) is 4.90 Å². The summed E-state index contributed by atoms with van der Waals surface area (Å²) in [7, 11) is 0. The molecule has 0 unspecified atom stereocenters. The summed E-state index contributed by atoms with van der Waals surface area (Å²) in [6.07, 6.45) is 4.34. The maximum absolute atomic E-state index is 13.9. The molecule has 0 spiro atoms. The summed E-state index contributed by atoms with van der Waals surface area (Å²) >= 11 is 12.2. The molecule has 8 heteroatoms. The smallest absolute Gasteiger partial charge is 0.261 e. The van der Waals surface area contributed by atoms with Crippen LogP contribution in [0.4, 0.5) is 5.69 Å². The van der Waals surface area contributed by atoms with Crippen LogP contribution < -0.4 is 10.1 Å². The Kier molecular flexibility index (Phi) is 7.72. The molecule has 1 aromatic heterocycles. The molecule has 0 bridgehead atoms. The van der Waals surface area contributed by atoms with Crippen LogP contribution in [0.15, 0.2) is 59.2 Å². The van der Waals surface area contributed by atoms with Crippen LogP contribution >= 0.6 is 23.2 Å². The minimum absolute atomic E-state index is 0.156. The van der Waals surface area contributed by atoms with Crippen LogP contribution in [0.3, 0.4) is 0 Å². The second-order valence-electron chi connectivity index (χ2n) is 8.88. The molecule has 0 atom stereocenters. The van der Waals surface area contributed by atoms with E-state index in [4.69, 9.17) is 32.4 Å². The molecular formula is C27H28Cl2N2O4. The van der Waals surface area contributed by atoms with Crippen molar-refractivity contribution in [3.05, 3.63) is 81.7 Å². The molecule has 0 radical (unpaired) electrons. The zero-order chi connectivity index (χ0) is 25.0. The summed E-state index contributed by atoms with van der Waals surface area (Å²) in [6, 6.07) is 14.2. The number of carbonyl (C=O) groups is 2. The number of aryl methyl sites for hydroxylation is 2. The number of benzene rings is 2. The highest BCUT2D eigenvalue weighted by Gasteiger charge is 2.49. The first-order valence-electron chi connectivity index (χ1n) is 11.6. The molecule has 1 aliphatic rings. The van der Waals surface area contributed by atoms with Gasteiger partial charge in [0.1, 0.15) is 17.0 Å². The van der Waals surface area contributed by atoms with E-state index in [0.717, 1.165) is 29.7 Å². The summed E-state index contributed by atoms with van der Waals surface area (Å²) in [4.78, 5) is 29.1. The molecule has 1 saturated carbocycles. The zero-order valence-electron chi connectivity index (χ0n) is 19.8. The second-order valence-corrected chi connectivity index (χ2v) is 9.73. The number of nitrogens with one attached hydrogen (secondary N) is 1. The molecular weight excluding hydrogens is 487 g/mol. The Labute approximate surface area is 215 Å². The van der Waals surface area contributed by atoms with Crippen LogP contribution in [0.25, 0.3) is 0 Å². The lowest BCUT2D eigenvalue weighted by Gasteiger charge is -2.39. The van der Waals surface area contributed by atoms with E-state index in [-0.39, 0.29) is 25.0 Å². The van der Waals surface area contributed by atoms with E-state index in [1.165, 1.54) is 0 Å². The third-order valence-electron chi connectivity index (χ3n) is 6.53. The number of para-hydroxylation sites is 1. The van der Waals surface area contributed by atoms with E-state index >= 15 is 0 Å². The first-order valence-corrected chi connectivity index (χ1v) is 12.3. The quantitative estimate of drug-likeness (QED) is 0.369. The summed E-state index contributed by atoms with van der Waals surface area (Å²) in [5.74, 6) is 0.416. The van der Waals surface area contributed by atoms with E-state index in [2.05, 4.69) is 5.32 Å². The molecule has 1 fully saturated rings. The Morgan fingerprint density at radius 1 is 1.06 bits per heavy atom. The lowest BCUT2D eigenvalue weighted by atomic mass is 9.92. The maximum Gasteiger partial charge on any atom is 0.261 e. The van der Waals surface area contributed by atoms with Crippen LogP contribution in [0.1, 0.15) is 42.6 Å². The SMILES string of the molecule is Cc1cccc(C)c1NC(=O)C1(N(Cc2ccco2)C(=O)COc2ccc(Cl)cc2Cl)CCCC1. The van der Waals surface area contributed by atoms with Gasteiger partial charge in [-0.15, -0.1) is 0 Å². The molecule has 2 aromatic carbocycles. The van der Waals surface area contributed by atoms with Crippen molar-refractivity contribution in [1.29, 1.82) is 0 Å². The van der Waals surface area contributed by atoms with Gasteiger partial charge >= 0.3 is 0 Å². The Morgan fingerprint density at radius 3 is 2.40 bits per heavy atom. The Bertz CT molecular complexity index is 1180. The number of halogens is 2. The molecule has 6 nitrogen and oxygen atoms in total. The normalized spacial score (nSPS) is 14.5. The third-order valence-corrected chi connectivity index (χ3v) is 7.06. The van der Waals surface area contributed by atoms with Crippen molar-refractivity contribution in [2.45, 2.75) is 51.6 Å². The van der Waals surface area contributed by atoms with Crippen molar-refractivity contribution >= 4 is 40.7 Å². The standard InChI is InChI=1S/C27H28Cl2N2O4/c1-18-7-5-8-19(2)25(18)30-26(33)27(12-3-4-13-27)31(16-21-9-6-14-34-21)24(32)17-35-23-11-10-20(28)15-22(23)29/h5-11,14-15H,3-4,12-13,16-17H2,1-2H3,(H,30,33). The molecule has 35 heavy (non-hydrogen) atoms. The lowest BCUT2D eigenvalue weighted by molar-refractivity contribution is -0.148. The van der Waals surface area contributed by atoms with E-state index in [1.807, 2.05) is 32.0 Å². The van der Waals surface area contributed by atoms with Crippen molar-refractivity contribution < 1.29 is 18.7 Å². The molecule has 4 rings (SSSR count). The van der Waals surface area contributed by atoms with E-state index in [0.29, 0.717) is 34.4 Å². The van der Waals surface area contributed by atoms with Gasteiger partial charge in [-0.3, -0.25) is 9.59 Å². The average Bonchev–Trinajstić information content (AvgIpc) is 3.52. The van der Waals surface area contributed by atoms with Gasteiger partial charge in [0, 0.05) is 10.7 Å². The number of hydrogen-bond acceptors (Lipinski definition) is 4. The van der Waals surface area contributed by atoms with Gasteiger partial charge in [-0.2, -0.15) is 0 Å². The molecule has 1 heterocycles. The predicted molar refractivity (Wildman–Crippen MR) is 137 cm³/mol. The number of furan rings is 1. The van der Waals surface area contributed by atoms with Gasteiger partial charge in [0.15, 0.2) is 6.61 Å². The first-order chi connectivity index (χ1) is 16.8. The Hall–Kier alpha value is -2.96. The van der Waals surface area contributed by atoms with E-state index in [1.54, 1.807) is 41.5 Å². The van der Waals surface area contributed by atoms with Gasteiger partial charge in [0.05, 0.1) is 17.8 Å². The molecule has 2 amide bonds. The monoisotopic (exact) mass is 514 g/mol. The fourth-order valence-electron chi connectivity index (χ4n) is 4.67. The van der Waals surface area contributed by atoms with Crippen molar-refractivity contribution in [2.24, 2.45) is 0 Å². The number of anilines is 1. The lowest BCUT2D eigenvalue weighted by Crippen LogP contribution is -2.58. The molecule has 1 N–H and O–H groups in total. The van der Waals surface area contributed by atoms with Gasteiger partial charge < -0.3 is 19.4 Å². The van der Waals surface area contributed by atoms with Gasteiger partial charge in [-0.1, -0.05) is 54.2 Å². The highest BCUT2D eigenvalue weighted by atomic mass is 35.5. The van der Waals surface area contributed by atoms with Crippen LogP contribution in [0.5, 0.6) is 5.75 Å². The van der Waals surface area contributed by atoms with Gasteiger partial charge in [0.25, 0.3) is 5.91 Å². The number of ether oxygens (including phenoxy) is 1. The van der Waals surface area contributed by atoms with Gasteiger partial charge in [-0.05, 0) is 68.1 Å². The Balaban J connectivity index is 1.63. The third kappa shape index (κ3) is 5.49.